The Labute approximate surface area is 203 Å². The molecule has 1 aliphatic rings. The molecule has 0 unspecified atom stereocenters. The molecule has 3 rings (SSSR count). The van der Waals surface area contributed by atoms with E-state index in [1.54, 1.807) is 13.0 Å². The highest BCUT2D eigenvalue weighted by molar-refractivity contribution is 6.29. The van der Waals surface area contributed by atoms with Crippen LogP contribution in [0.25, 0.3) is 11.3 Å². The van der Waals surface area contributed by atoms with Crippen LogP contribution in [-0.2, 0) is 12.0 Å². The number of hydrazone groups is 1. The van der Waals surface area contributed by atoms with Gasteiger partial charge in [0.25, 0.3) is 0 Å². The molecule has 0 aromatic heterocycles. The number of aliphatic hydroxyl groups excluding tert-OH is 1. The van der Waals surface area contributed by atoms with Crippen molar-refractivity contribution < 1.29 is 5.11 Å². The van der Waals surface area contributed by atoms with Gasteiger partial charge in [0.2, 0.25) is 0 Å². The van der Waals surface area contributed by atoms with E-state index in [0.29, 0.717) is 11.6 Å². The summed E-state index contributed by atoms with van der Waals surface area (Å²) in [6.45, 7) is 21.3. The topological polar surface area (TPSA) is 35.8 Å². The van der Waals surface area contributed by atoms with Gasteiger partial charge in [-0.3, -0.25) is 5.01 Å². The fraction of sp³-hybridized carbons (Fsp3) is 0.276. The summed E-state index contributed by atoms with van der Waals surface area (Å²) in [6, 6.07) is 10.7. The van der Waals surface area contributed by atoms with Crippen molar-refractivity contribution in [3.63, 3.8) is 0 Å². The molecule has 0 fully saturated rings. The molecule has 0 aliphatic carbocycles. The van der Waals surface area contributed by atoms with Crippen LogP contribution < -0.4 is 0 Å². The summed E-state index contributed by atoms with van der Waals surface area (Å²) in [5, 5.41) is 17.0. The van der Waals surface area contributed by atoms with Crippen molar-refractivity contribution in [1.82, 2.24) is 5.01 Å². The number of fused-ring (bicyclic) bond motifs is 1. The molecular formula is C29H33ClN2O. The first-order chi connectivity index (χ1) is 15.4. The maximum atomic E-state index is 9.66. The first-order valence-electron chi connectivity index (χ1n) is 11.1. The Bertz CT molecular complexity index is 1200. The Morgan fingerprint density at radius 2 is 1.82 bits per heavy atom. The number of nitrogens with zero attached hydrogens (tertiary/aromatic N) is 2. The Hall–Kier alpha value is -3.04. The summed E-state index contributed by atoms with van der Waals surface area (Å²) in [7, 11) is 0. The third-order valence-electron chi connectivity index (χ3n) is 5.84. The second-order valence-electron chi connectivity index (χ2n) is 9.72. The van der Waals surface area contributed by atoms with Crippen molar-refractivity contribution in [3.8, 4) is 0 Å². The van der Waals surface area contributed by atoms with Gasteiger partial charge in [0.1, 0.15) is 5.76 Å². The Morgan fingerprint density at radius 1 is 1.12 bits per heavy atom. The third kappa shape index (κ3) is 5.66. The molecule has 2 aromatic carbocycles. The highest BCUT2D eigenvalue weighted by atomic mass is 35.5. The maximum Gasteiger partial charge on any atom is 0.109 e. The van der Waals surface area contributed by atoms with Gasteiger partial charge in [0.05, 0.1) is 18.5 Å². The second kappa shape index (κ2) is 9.44. The summed E-state index contributed by atoms with van der Waals surface area (Å²) in [5.74, 6) is -0.0106. The second-order valence-corrected chi connectivity index (χ2v) is 10.3. The highest BCUT2D eigenvalue weighted by Gasteiger charge is 2.23. The van der Waals surface area contributed by atoms with Crippen molar-refractivity contribution in [1.29, 1.82) is 0 Å². The fourth-order valence-electron chi connectivity index (χ4n) is 4.03. The van der Waals surface area contributed by atoms with E-state index in [0.717, 1.165) is 39.1 Å². The molecule has 0 amide bonds. The van der Waals surface area contributed by atoms with E-state index in [1.165, 1.54) is 11.1 Å². The zero-order chi connectivity index (χ0) is 24.5. The number of hydrogen-bond donors (Lipinski definition) is 1. The molecule has 0 radical (unpaired) electrons. The predicted octanol–water partition coefficient (Wildman–Crippen LogP) is 8.02. The number of aliphatic hydroxyl groups is 1. The van der Waals surface area contributed by atoms with E-state index in [1.807, 2.05) is 23.4 Å². The van der Waals surface area contributed by atoms with Gasteiger partial charge in [0, 0.05) is 16.2 Å². The lowest BCUT2D eigenvalue weighted by Crippen LogP contribution is -2.22. The van der Waals surface area contributed by atoms with Crippen LogP contribution in [0.4, 0.5) is 0 Å². The molecule has 1 heterocycles. The van der Waals surface area contributed by atoms with Crippen molar-refractivity contribution in [2.24, 2.45) is 5.10 Å². The van der Waals surface area contributed by atoms with E-state index in [-0.39, 0.29) is 11.2 Å². The summed E-state index contributed by atoms with van der Waals surface area (Å²) < 4.78 is 0. The lowest BCUT2D eigenvalue weighted by atomic mass is 9.83. The number of hydrogen-bond acceptors (Lipinski definition) is 3. The van der Waals surface area contributed by atoms with Crippen LogP contribution in [0, 0.1) is 13.8 Å². The zero-order valence-corrected chi connectivity index (χ0v) is 21.2. The van der Waals surface area contributed by atoms with Gasteiger partial charge in [-0.05, 0) is 77.8 Å². The molecule has 3 nitrogen and oxygen atoms in total. The zero-order valence-electron chi connectivity index (χ0n) is 20.5. The predicted molar refractivity (Wildman–Crippen MR) is 143 cm³/mol. The van der Waals surface area contributed by atoms with E-state index in [4.69, 9.17) is 16.7 Å². The van der Waals surface area contributed by atoms with Gasteiger partial charge in [-0.2, -0.15) is 5.10 Å². The number of aryl methyl sites for hydroxylation is 2. The Morgan fingerprint density at radius 3 is 2.39 bits per heavy atom. The van der Waals surface area contributed by atoms with Gasteiger partial charge in [-0.1, -0.05) is 69.8 Å². The average molecular weight is 461 g/mol. The van der Waals surface area contributed by atoms with E-state index in [2.05, 4.69) is 72.0 Å². The molecule has 0 saturated heterocycles. The Balaban J connectivity index is 1.90. The molecular weight excluding hydrogens is 428 g/mol. The van der Waals surface area contributed by atoms with Gasteiger partial charge in [0.15, 0.2) is 0 Å². The highest BCUT2D eigenvalue weighted by Crippen LogP contribution is 2.34. The van der Waals surface area contributed by atoms with Crippen LogP contribution in [0.3, 0.4) is 0 Å². The van der Waals surface area contributed by atoms with E-state index >= 15 is 0 Å². The smallest absolute Gasteiger partial charge is 0.109 e. The molecule has 0 spiro atoms. The molecule has 2 aromatic rings. The summed E-state index contributed by atoms with van der Waals surface area (Å²) in [4.78, 5) is 0. The Kier molecular flexibility index (Phi) is 7.04. The van der Waals surface area contributed by atoms with Crippen LogP contribution in [0.15, 0.2) is 71.5 Å². The van der Waals surface area contributed by atoms with E-state index < -0.39 is 0 Å². The summed E-state index contributed by atoms with van der Waals surface area (Å²) in [5.41, 5.74) is 9.82. The molecule has 1 aliphatic heterocycles. The minimum absolute atomic E-state index is 0.0106. The van der Waals surface area contributed by atoms with Crippen molar-refractivity contribution in [2.45, 2.75) is 53.5 Å². The van der Waals surface area contributed by atoms with Gasteiger partial charge >= 0.3 is 0 Å². The first kappa shape index (κ1) is 24.6. The van der Waals surface area contributed by atoms with Crippen LogP contribution in [-0.4, -0.2) is 16.3 Å². The standard InChI is InChI=1S/C29H33ClN2O/c1-18-11-23(25(13-20(3)30)14-21(4)33)9-10-24(18)17-32-22(5)28-19(2)12-27(29(6,7)8)15-26(28)16-31-32/h9-16,33H,4-5,17H2,1-3,6-8H3/b20-13+,25-14+. The van der Waals surface area contributed by atoms with Gasteiger partial charge in [-0.25, -0.2) is 0 Å². The third-order valence-corrected chi connectivity index (χ3v) is 5.95. The van der Waals surface area contributed by atoms with Crippen LogP contribution >= 0.6 is 11.6 Å². The van der Waals surface area contributed by atoms with Crippen LogP contribution in [0.1, 0.15) is 66.6 Å². The molecule has 33 heavy (non-hydrogen) atoms. The largest absolute Gasteiger partial charge is 0.509 e. The summed E-state index contributed by atoms with van der Waals surface area (Å²) >= 11 is 6.09. The van der Waals surface area contributed by atoms with Crippen molar-refractivity contribution in [2.75, 3.05) is 0 Å². The van der Waals surface area contributed by atoms with Gasteiger partial charge in [-0.15, -0.1) is 0 Å². The normalized spacial score (nSPS) is 14.5. The minimum Gasteiger partial charge on any atom is -0.509 e. The quantitative estimate of drug-likeness (QED) is 0.362. The molecule has 0 atom stereocenters. The molecule has 0 saturated carbocycles. The number of allylic oxidation sites excluding steroid dienone is 4. The van der Waals surface area contributed by atoms with Crippen LogP contribution in [0.5, 0.6) is 0 Å². The maximum absolute atomic E-state index is 9.66. The first-order valence-corrected chi connectivity index (χ1v) is 11.4. The lowest BCUT2D eigenvalue weighted by molar-refractivity contribution is 0.414. The van der Waals surface area contributed by atoms with Gasteiger partial charge < -0.3 is 5.11 Å². The van der Waals surface area contributed by atoms with E-state index in [9.17, 15) is 5.11 Å². The SMILES string of the molecule is C=C(O)/C=C(\C=C(/C)Cl)c1ccc(CN2N=Cc3cc(C(C)(C)C)cc(C)c3C2=C)c(C)c1. The molecule has 1 N–H and O–H groups in total. The summed E-state index contributed by atoms with van der Waals surface area (Å²) in [6.07, 6.45) is 5.38. The van der Waals surface area contributed by atoms with Crippen molar-refractivity contribution in [3.05, 3.63) is 105 Å². The molecule has 0 bridgehead atoms. The number of benzene rings is 2. The average Bonchev–Trinajstić information content (AvgIpc) is 2.69. The minimum atomic E-state index is -0.0106. The van der Waals surface area contributed by atoms with Crippen molar-refractivity contribution >= 4 is 29.1 Å². The molecule has 4 heteroatoms. The fourth-order valence-corrected chi connectivity index (χ4v) is 4.14. The monoisotopic (exact) mass is 460 g/mol. The number of rotatable bonds is 5. The van der Waals surface area contributed by atoms with Crippen LogP contribution in [0.2, 0.25) is 0 Å². The lowest BCUT2D eigenvalue weighted by Gasteiger charge is -2.30. The molecule has 172 valence electrons. The number of halogens is 1.